The van der Waals surface area contributed by atoms with Crippen molar-refractivity contribution in [1.82, 2.24) is 0 Å². The van der Waals surface area contributed by atoms with Gasteiger partial charge in [0, 0.05) is 12.1 Å². The van der Waals surface area contributed by atoms with Crippen LogP contribution in [-0.2, 0) is 6.42 Å². The highest BCUT2D eigenvalue weighted by Gasteiger charge is 2.10. The molecule has 0 bridgehead atoms. The Labute approximate surface area is 82.9 Å². The van der Waals surface area contributed by atoms with Crippen LogP contribution in [0.15, 0.2) is 12.1 Å². The first kappa shape index (κ1) is 10.7. The molecule has 14 heavy (non-hydrogen) atoms. The minimum Gasteiger partial charge on any atom is -0.508 e. The zero-order valence-corrected chi connectivity index (χ0v) is 8.32. The highest BCUT2D eigenvalue weighted by Crippen LogP contribution is 2.33. The molecule has 1 atom stereocenters. The van der Waals surface area contributed by atoms with E-state index < -0.39 is 0 Å². The number of ether oxygens (including phenoxy) is 1. The van der Waals surface area contributed by atoms with Gasteiger partial charge in [-0.15, -0.1) is 0 Å². The molecule has 0 saturated carbocycles. The van der Waals surface area contributed by atoms with Crippen LogP contribution in [0.1, 0.15) is 12.5 Å². The first-order chi connectivity index (χ1) is 6.54. The molecule has 0 fully saturated rings. The van der Waals surface area contributed by atoms with Crippen LogP contribution in [0.5, 0.6) is 17.2 Å². The predicted octanol–water partition coefficient (Wildman–Crippen LogP) is 0.996. The molecule has 0 spiro atoms. The number of hydrogen-bond acceptors (Lipinski definition) is 4. The van der Waals surface area contributed by atoms with Gasteiger partial charge < -0.3 is 20.7 Å². The normalized spacial score (nSPS) is 12.5. The lowest BCUT2D eigenvalue weighted by Gasteiger charge is -2.10. The van der Waals surface area contributed by atoms with Crippen molar-refractivity contribution in [2.45, 2.75) is 19.4 Å². The van der Waals surface area contributed by atoms with Crippen LogP contribution in [0.2, 0.25) is 0 Å². The van der Waals surface area contributed by atoms with Gasteiger partial charge in [0.05, 0.1) is 7.11 Å². The van der Waals surface area contributed by atoms with E-state index in [0.717, 1.165) is 0 Å². The third-order valence-corrected chi connectivity index (χ3v) is 1.92. The van der Waals surface area contributed by atoms with Crippen molar-refractivity contribution in [2.75, 3.05) is 7.11 Å². The van der Waals surface area contributed by atoms with Gasteiger partial charge in [0.25, 0.3) is 0 Å². The molecule has 0 heterocycles. The van der Waals surface area contributed by atoms with Crippen LogP contribution >= 0.6 is 0 Å². The second-order valence-electron chi connectivity index (χ2n) is 3.33. The Kier molecular flexibility index (Phi) is 3.19. The molecule has 0 aliphatic heterocycles. The summed E-state index contributed by atoms with van der Waals surface area (Å²) < 4.78 is 4.92. The number of rotatable bonds is 3. The van der Waals surface area contributed by atoms with Gasteiger partial charge in [-0.05, 0) is 25.0 Å². The average molecular weight is 197 g/mol. The molecule has 1 aromatic carbocycles. The molecule has 1 rings (SSSR count). The number of nitrogens with two attached hydrogens (primary N) is 1. The minimum absolute atomic E-state index is 0.0422. The smallest absolute Gasteiger partial charge is 0.161 e. The molecule has 0 aliphatic rings. The number of aromatic hydroxyl groups is 2. The molecule has 1 aromatic rings. The molecule has 0 aliphatic carbocycles. The summed E-state index contributed by atoms with van der Waals surface area (Å²) in [6.45, 7) is 1.85. The van der Waals surface area contributed by atoms with E-state index in [-0.39, 0.29) is 17.5 Å². The maximum Gasteiger partial charge on any atom is 0.161 e. The number of methoxy groups -OCH3 is 1. The summed E-state index contributed by atoms with van der Waals surface area (Å²) in [7, 11) is 1.46. The number of hydrogen-bond donors (Lipinski definition) is 3. The molecular formula is C10H15NO3. The van der Waals surface area contributed by atoms with Crippen molar-refractivity contribution in [3.63, 3.8) is 0 Å². The van der Waals surface area contributed by atoms with Crippen molar-refractivity contribution in [1.29, 1.82) is 0 Å². The van der Waals surface area contributed by atoms with Gasteiger partial charge in [0.15, 0.2) is 11.5 Å². The van der Waals surface area contributed by atoms with Gasteiger partial charge in [-0.2, -0.15) is 0 Å². The Morgan fingerprint density at radius 2 is 2.00 bits per heavy atom. The lowest BCUT2D eigenvalue weighted by atomic mass is 10.1. The summed E-state index contributed by atoms with van der Waals surface area (Å²) in [6, 6.07) is 2.81. The molecular weight excluding hydrogens is 182 g/mol. The van der Waals surface area contributed by atoms with Crippen molar-refractivity contribution < 1.29 is 14.9 Å². The summed E-state index contributed by atoms with van der Waals surface area (Å²) in [5, 5.41) is 18.8. The average Bonchev–Trinajstić information content (AvgIpc) is 2.09. The molecule has 1 unspecified atom stereocenters. The van der Waals surface area contributed by atoms with E-state index in [1.807, 2.05) is 6.92 Å². The van der Waals surface area contributed by atoms with Crippen molar-refractivity contribution in [2.24, 2.45) is 5.73 Å². The van der Waals surface area contributed by atoms with E-state index in [4.69, 9.17) is 10.5 Å². The molecule has 0 radical (unpaired) electrons. The van der Waals surface area contributed by atoms with Gasteiger partial charge >= 0.3 is 0 Å². The van der Waals surface area contributed by atoms with E-state index in [2.05, 4.69) is 0 Å². The first-order valence-corrected chi connectivity index (χ1v) is 4.39. The molecule has 0 amide bonds. The summed E-state index contributed by atoms with van der Waals surface area (Å²) in [5.41, 5.74) is 6.28. The van der Waals surface area contributed by atoms with Gasteiger partial charge in [-0.1, -0.05) is 0 Å². The Bertz CT molecular complexity index is 323. The van der Waals surface area contributed by atoms with Crippen LogP contribution in [0.4, 0.5) is 0 Å². The molecule has 4 nitrogen and oxygen atoms in total. The topological polar surface area (TPSA) is 75.7 Å². The van der Waals surface area contributed by atoms with E-state index in [1.54, 1.807) is 6.07 Å². The Morgan fingerprint density at radius 3 is 2.50 bits per heavy atom. The summed E-state index contributed by atoms with van der Waals surface area (Å²) in [5.74, 6) is 0.317. The van der Waals surface area contributed by atoms with Gasteiger partial charge in [0.1, 0.15) is 5.75 Å². The maximum absolute atomic E-state index is 9.49. The third kappa shape index (κ3) is 2.29. The van der Waals surface area contributed by atoms with E-state index in [9.17, 15) is 10.2 Å². The van der Waals surface area contributed by atoms with Crippen LogP contribution in [0, 0.1) is 0 Å². The second-order valence-corrected chi connectivity index (χ2v) is 3.33. The molecule has 4 heteroatoms. The Hall–Kier alpha value is -1.42. The quantitative estimate of drug-likeness (QED) is 0.675. The van der Waals surface area contributed by atoms with Crippen LogP contribution < -0.4 is 10.5 Å². The molecule has 0 saturated heterocycles. The molecule has 0 aromatic heterocycles. The summed E-state index contributed by atoms with van der Waals surface area (Å²) in [4.78, 5) is 0. The van der Waals surface area contributed by atoms with Crippen molar-refractivity contribution >= 4 is 0 Å². The van der Waals surface area contributed by atoms with Gasteiger partial charge in [0.2, 0.25) is 0 Å². The molecule has 4 N–H and O–H groups in total. The predicted molar refractivity (Wildman–Crippen MR) is 53.7 cm³/mol. The number of phenols is 2. The van der Waals surface area contributed by atoms with Crippen LogP contribution in [0.25, 0.3) is 0 Å². The lowest BCUT2D eigenvalue weighted by Crippen LogP contribution is -2.17. The highest BCUT2D eigenvalue weighted by atomic mass is 16.5. The second kappa shape index (κ2) is 4.19. The standard InChI is InChI=1S/C10H15NO3/c1-6(11)3-7-4-10(14-2)9(13)5-8(7)12/h4-6,12-13H,3,11H2,1-2H3. The first-order valence-electron chi connectivity index (χ1n) is 4.39. The van der Waals surface area contributed by atoms with E-state index in [0.29, 0.717) is 17.7 Å². The zero-order chi connectivity index (χ0) is 10.7. The van der Waals surface area contributed by atoms with Crippen molar-refractivity contribution in [3.8, 4) is 17.2 Å². The van der Waals surface area contributed by atoms with Crippen LogP contribution in [0.3, 0.4) is 0 Å². The minimum atomic E-state index is -0.0709. The number of phenolic OH excluding ortho intramolecular Hbond substituents is 2. The van der Waals surface area contributed by atoms with E-state index in [1.165, 1.54) is 13.2 Å². The summed E-state index contributed by atoms with van der Waals surface area (Å²) >= 11 is 0. The fourth-order valence-electron chi connectivity index (χ4n) is 1.27. The number of benzene rings is 1. The largest absolute Gasteiger partial charge is 0.508 e. The van der Waals surface area contributed by atoms with Gasteiger partial charge in [-0.3, -0.25) is 0 Å². The fourth-order valence-corrected chi connectivity index (χ4v) is 1.27. The third-order valence-electron chi connectivity index (χ3n) is 1.92. The SMILES string of the molecule is COc1cc(CC(C)N)c(O)cc1O. The fraction of sp³-hybridized carbons (Fsp3) is 0.400. The molecule has 78 valence electrons. The summed E-state index contributed by atoms with van der Waals surface area (Å²) in [6.07, 6.45) is 0.544. The lowest BCUT2D eigenvalue weighted by molar-refractivity contribution is 0.368. The van der Waals surface area contributed by atoms with E-state index >= 15 is 0 Å². The van der Waals surface area contributed by atoms with Gasteiger partial charge in [-0.25, -0.2) is 0 Å². The Morgan fingerprint density at radius 1 is 1.36 bits per heavy atom. The maximum atomic E-state index is 9.49. The monoisotopic (exact) mass is 197 g/mol. The highest BCUT2D eigenvalue weighted by molar-refractivity contribution is 5.49. The van der Waals surface area contributed by atoms with Crippen molar-refractivity contribution in [3.05, 3.63) is 17.7 Å². The Balaban J connectivity index is 3.04. The van der Waals surface area contributed by atoms with Crippen LogP contribution in [-0.4, -0.2) is 23.4 Å². The zero-order valence-electron chi connectivity index (χ0n) is 8.32.